The van der Waals surface area contributed by atoms with Crippen LogP contribution in [-0.2, 0) is 0 Å². The molecule has 1 aromatic carbocycles. The molecule has 1 aliphatic carbocycles. The summed E-state index contributed by atoms with van der Waals surface area (Å²) in [5, 5.41) is 8.26. The molecular weight excluding hydrogens is 312 g/mol. The van der Waals surface area contributed by atoms with Gasteiger partial charge in [0.05, 0.1) is 5.69 Å². The molecule has 0 amide bonds. The Labute approximate surface area is 147 Å². The van der Waals surface area contributed by atoms with E-state index >= 15 is 0 Å². The van der Waals surface area contributed by atoms with Crippen LogP contribution in [-0.4, -0.2) is 33.7 Å². The van der Waals surface area contributed by atoms with E-state index in [9.17, 15) is 0 Å². The molecule has 0 bridgehead atoms. The molecule has 0 radical (unpaired) electrons. The van der Waals surface area contributed by atoms with Gasteiger partial charge in [-0.3, -0.25) is 0 Å². The number of imidazole rings is 1. The lowest BCUT2D eigenvalue weighted by molar-refractivity contribution is 0.410. The van der Waals surface area contributed by atoms with Gasteiger partial charge < -0.3 is 16.0 Å². The zero-order valence-electron chi connectivity index (χ0n) is 14.5. The first-order chi connectivity index (χ1) is 12.2. The lowest BCUT2D eigenvalue weighted by Crippen LogP contribution is -2.33. The van der Waals surface area contributed by atoms with E-state index < -0.39 is 0 Å². The van der Waals surface area contributed by atoms with Crippen LogP contribution >= 0.6 is 0 Å². The molecule has 0 unspecified atom stereocenters. The summed E-state index contributed by atoms with van der Waals surface area (Å²) < 4.78 is 1.84. The second-order valence-corrected chi connectivity index (χ2v) is 6.76. The third-order valence-corrected chi connectivity index (χ3v) is 4.97. The summed E-state index contributed by atoms with van der Waals surface area (Å²) in [6.07, 6.45) is 8.00. The van der Waals surface area contributed by atoms with E-state index in [4.69, 9.17) is 5.73 Å². The van der Waals surface area contributed by atoms with E-state index in [0.29, 0.717) is 12.1 Å². The summed E-state index contributed by atoms with van der Waals surface area (Å²) in [6, 6.07) is 13.2. The van der Waals surface area contributed by atoms with E-state index in [1.807, 2.05) is 28.9 Å². The smallest absolute Gasteiger partial charge is 0.177 e. The number of benzene rings is 1. The molecule has 3 aromatic rings. The molecule has 130 valence electrons. The highest BCUT2D eigenvalue weighted by Gasteiger charge is 2.20. The Hall–Kier alpha value is -2.60. The van der Waals surface area contributed by atoms with Gasteiger partial charge in [0.25, 0.3) is 0 Å². The highest BCUT2D eigenvalue weighted by molar-refractivity contribution is 5.77. The van der Waals surface area contributed by atoms with Crippen molar-refractivity contribution in [1.82, 2.24) is 14.6 Å². The van der Waals surface area contributed by atoms with E-state index in [1.165, 1.54) is 0 Å². The lowest BCUT2D eigenvalue weighted by atomic mass is 9.92. The minimum Gasteiger partial charge on any atom is -0.366 e. The van der Waals surface area contributed by atoms with Crippen molar-refractivity contribution >= 4 is 22.8 Å². The van der Waals surface area contributed by atoms with Gasteiger partial charge in [-0.1, -0.05) is 18.2 Å². The van der Waals surface area contributed by atoms with Crippen molar-refractivity contribution in [2.24, 2.45) is 5.73 Å². The number of anilines is 3. The van der Waals surface area contributed by atoms with Crippen LogP contribution in [0.1, 0.15) is 25.7 Å². The third kappa shape index (κ3) is 3.30. The van der Waals surface area contributed by atoms with E-state index in [0.717, 1.165) is 48.5 Å². The van der Waals surface area contributed by atoms with Crippen molar-refractivity contribution in [3.05, 3.63) is 48.8 Å². The Morgan fingerprint density at radius 3 is 2.68 bits per heavy atom. The van der Waals surface area contributed by atoms with Crippen molar-refractivity contribution < 1.29 is 0 Å². The predicted molar refractivity (Wildman–Crippen MR) is 101 cm³/mol. The molecule has 6 nitrogen and oxygen atoms in total. The van der Waals surface area contributed by atoms with Crippen molar-refractivity contribution in [2.45, 2.75) is 37.8 Å². The minimum atomic E-state index is 0.349. The van der Waals surface area contributed by atoms with Gasteiger partial charge in [0, 0.05) is 43.3 Å². The van der Waals surface area contributed by atoms with Crippen LogP contribution in [0.25, 0.3) is 5.65 Å². The second-order valence-electron chi connectivity index (χ2n) is 6.76. The van der Waals surface area contributed by atoms with Crippen molar-refractivity contribution in [3.8, 4) is 0 Å². The SMILES string of the molecule is CN(c1ccccc1)c1cc(NC2CCC(N)CC2)nn2ccnc12. The summed E-state index contributed by atoms with van der Waals surface area (Å²) in [5.41, 5.74) is 9.01. The van der Waals surface area contributed by atoms with Gasteiger partial charge in [-0.2, -0.15) is 0 Å². The fourth-order valence-electron chi connectivity index (χ4n) is 3.48. The van der Waals surface area contributed by atoms with Gasteiger partial charge in [-0.25, -0.2) is 9.50 Å². The fraction of sp³-hybridized carbons (Fsp3) is 0.368. The Bertz CT molecular complexity index is 836. The highest BCUT2D eigenvalue weighted by atomic mass is 15.3. The third-order valence-electron chi connectivity index (χ3n) is 4.97. The van der Waals surface area contributed by atoms with Crippen molar-refractivity contribution in [3.63, 3.8) is 0 Å². The Morgan fingerprint density at radius 1 is 1.16 bits per heavy atom. The van der Waals surface area contributed by atoms with Gasteiger partial charge >= 0.3 is 0 Å². The number of aromatic nitrogens is 3. The van der Waals surface area contributed by atoms with Crippen molar-refractivity contribution in [2.75, 3.05) is 17.3 Å². The van der Waals surface area contributed by atoms with Gasteiger partial charge in [-0.05, 0) is 37.8 Å². The van der Waals surface area contributed by atoms with E-state index in [2.05, 4.69) is 45.5 Å². The van der Waals surface area contributed by atoms with Gasteiger partial charge in [-0.15, -0.1) is 5.10 Å². The molecule has 1 saturated carbocycles. The number of para-hydroxylation sites is 1. The van der Waals surface area contributed by atoms with Crippen LogP contribution in [0.4, 0.5) is 17.2 Å². The first kappa shape index (κ1) is 15.9. The quantitative estimate of drug-likeness (QED) is 0.766. The molecule has 6 heteroatoms. The maximum atomic E-state index is 6.02. The van der Waals surface area contributed by atoms with Gasteiger partial charge in [0.1, 0.15) is 5.82 Å². The Morgan fingerprint density at radius 2 is 1.92 bits per heavy atom. The minimum absolute atomic E-state index is 0.349. The molecule has 4 rings (SSSR count). The maximum absolute atomic E-state index is 6.02. The number of rotatable bonds is 4. The van der Waals surface area contributed by atoms with Crippen LogP contribution in [0.5, 0.6) is 0 Å². The Kier molecular flexibility index (Phi) is 4.28. The van der Waals surface area contributed by atoms with E-state index in [-0.39, 0.29) is 0 Å². The number of nitrogens with one attached hydrogen (secondary N) is 1. The number of hydrogen-bond acceptors (Lipinski definition) is 5. The molecule has 0 saturated heterocycles. The van der Waals surface area contributed by atoms with E-state index in [1.54, 1.807) is 6.20 Å². The molecule has 2 aromatic heterocycles. The van der Waals surface area contributed by atoms with Crippen LogP contribution in [0, 0.1) is 0 Å². The average molecular weight is 336 g/mol. The molecule has 1 fully saturated rings. The summed E-state index contributed by atoms with van der Waals surface area (Å²) in [4.78, 5) is 6.62. The number of nitrogens with zero attached hydrogens (tertiary/aromatic N) is 4. The summed E-state index contributed by atoms with van der Waals surface area (Å²) in [6.45, 7) is 0. The zero-order chi connectivity index (χ0) is 17.2. The number of fused-ring (bicyclic) bond motifs is 1. The average Bonchev–Trinajstić information content (AvgIpc) is 3.12. The normalized spacial score (nSPS) is 20.6. The summed E-state index contributed by atoms with van der Waals surface area (Å²) in [7, 11) is 2.06. The predicted octanol–water partition coefficient (Wildman–Crippen LogP) is 3.18. The largest absolute Gasteiger partial charge is 0.366 e. The van der Waals surface area contributed by atoms with Gasteiger partial charge in [0.2, 0.25) is 0 Å². The molecule has 25 heavy (non-hydrogen) atoms. The highest BCUT2D eigenvalue weighted by Crippen LogP contribution is 2.29. The molecule has 0 atom stereocenters. The topological polar surface area (TPSA) is 71.5 Å². The molecular formula is C19H24N6. The molecule has 2 heterocycles. The van der Waals surface area contributed by atoms with Crippen molar-refractivity contribution in [1.29, 1.82) is 0 Å². The molecule has 0 spiro atoms. The monoisotopic (exact) mass is 336 g/mol. The summed E-state index contributed by atoms with van der Waals surface area (Å²) in [5.74, 6) is 0.878. The molecule has 1 aliphatic rings. The maximum Gasteiger partial charge on any atom is 0.177 e. The van der Waals surface area contributed by atoms with Crippen LogP contribution in [0.2, 0.25) is 0 Å². The lowest BCUT2D eigenvalue weighted by Gasteiger charge is -2.28. The molecule has 3 N–H and O–H groups in total. The first-order valence-corrected chi connectivity index (χ1v) is 8.86. The number of nitrogens with two attached hydrogens (primary N) is 1. The summed E-state index contributed by atoms with van der Waals surface area (Å²) >= 11 is 0. The second kappa shape index (κ2) is 6.72. The van der Waals surface area contributed by atoms with Crippen LogP contribution in [0.15, 0.2) is 48.8 Å². The first-order valence-electron chi connectivity index (χ1n) is 8.86. The van der Waals surface area contributed by atoms with Crippen LogP contribution in [0.3, 0.4) is 0 Å². The molecule has 0 aliphatic heterocycles. The Balaban J connectivity index is 1.65. The van der Waals surface area contributed by atoms with Gasteiger partial charge in [0.15, 0.2) is 5.65 Å². The zero-order valence-corrected chi connectivity index (χ0v) is 14.5. The number of hydrogen-bond donors (Lipinski definition) is 2. The van der Waals surface area contributed by atoms with Crippen LogP contribution < -0.4 is 16.0 Å². The fourth-order valence-corrected chi connectivity index (χ4v) is 3.48. The standard InChI is InChI=1S/C19H24N6/c1-24(16-5-3-2-4-6-16)17-13-18(23-25-12-11-21-19(17)25)22-15-9-7-14(20)8-10-15/h2-6,11-15H,7-10,20H2,1H3,(H,22,23).